The molecule has 0 aliphatic rings. The molecule has 1 nitrogen and oxygen atoms in total. The van der Waals surface area contributed by atoms with Crippen LogP contribution in [0.3, 0.4) is 0 Å². The Bertz CT molecular complexity index is 758. The van der Waals surface area contributed by atoms with Gasteiger partial charge in [-0.1, -0.05) is 26.0 Å². The number of alkyl halides is 4. The molecule has 2 rings (SSSR count). The molecule has 0 amide bonds. The van der Waals surface area contributed by atoms with Crippen molar-refractivity contribution in [3.63, 3.8) is 0 Å². The normalized spacial score (nSPS) is 12.1. The molecule has 7 heteroatoms. The van der Waals surface area contributed by atoms with Gasteiger partial charge in [0, 0.05) is 6.07 Å². The molecule has 0 atom stereocenters. The van der Waals surface area contributed by atoms with Crippen LogP contribution in [-0.4, -0.2) is 12.5 Å². The predicted molar refractivity (Wildman–Crippen MR) is 85.7 cm³/mol. The first-order valence-electron chi connectivity index (χ1n) is 7.98. The van der Waals surface area contributed by atoms with Crippen molar-refractivity contribution in [2.45, 2.75) is 39.2 Å². The van der Waals surface area contributed by atoms with Crippen molar-refractivity contribution in [2.75, 3.05) is 0 Å². The standard InChI is InChI=1S/C19H18F6O/c1-11(2)5-14-7-12(3-4-17(14)21)6-13-8-15(20)10-16(9-13)26-19(24,25)18(22)23/h3-4,7-11,18H,5-6H2,1-2H3. The van der Waals surface area contributed by atoms with E-state index in [0.29, 0.717) is 23.6 Å². The van der Waals surface area contributed by atoms with E-state index in [9.17, 15) is 26.3 Å². The van der Waals surface area contributed by atoms with Crippen LogP contribution in [0, 0.1) is 17.6 Å². The first-order valence-corrected chi connectivity index (χ1v) is 7.98. The lowest BCUT2D eigenvalue weighted by Crippen LogP contribution is -2.33. The SMILES string of the molecule is CC(C)Cc1cc(Cc2cc(F)cc(OC(F)(F)C(F)F)c2)ccc1F. The van der Waals surface area contributed by atoms with Crippen LogP contribution in [0.2, 0.25) is 0 Å². The second kappa shape index (κ2) is 8.01. The molecule has 0 N–H and O–H groups in total. The highest BCUT2D eigenvalue weighted by Crippen LogP contribution is 2.29. The van der Waals surface area contributed by atoms with Crippen LogP contribution in [0.1, 0.15) is 30.5 Å². The molecule has 2 aromatic carbocycles. The van der Waals surface area contributed by atoms with Gasteiger partial charge in [0.1, 0.15) is 17.4 Å². The fourth-order valence-electron chi connectivity index (χ4n) is 2.55. The molecule has 0 unspecified atom stereocenters. The van der Waals surface area contributed by atoms with Crippen molar-refractivity contribution in [1.29, 1.82) is 0 Å². The molecule has 0 fully saturated rings. The van der Waals surface area contributed by atoms with Gasteiger partial charge in [-0.3, -0.25) is 0 Å². The fourth-order valence-corrected chi connectivity index (χ4v) is 2.55. The van der Waals surface area contributed by atoms with Crippen molar-refractivity contribution in [3.8, 4) is 5.75 Å². The van der Waals surface area contributed by atoms with E-state index in [1.807, 2.05) is 13.8 Å². The fraction of sp³-hybridized carbons (Fsp3) is 0.368. The third-order valence-electron chi connectivity index (χ3n) is 3.59. The quantitative estimate of drug-likeness (QED) is 0.539. The molecule has 0 bridgehead atoms. The minimum atomic E-state index is -4.72. The minimum absolute atomic E-state index is 0.111. The summed E-state index contributed by atoms with van der Waals surface area (Å²) in [5.41, 5.74) is 1.38. The lowest BCUT2D eigenvalue weighted by molar-refractivity contribution is -0.253. The van der Waals surface area contributed by atoms with E-state index in [1.165, 1.54) is 12.1 Å². The van der Waals surface area contributed by atoms with Gasteiger partial charge in [0.05, 0.1) is 0 Å². The summed E-state index contributed by atoms with van der Waals surface area (Å²) in [6.07, 6.45) is -8.13. The zero-order chi connectivity index (χ0) is 19.5. The van der Waals surface area contributed by atoms with Gasteiger partial charge in [-0.15, -0.1) is 0 Å². The molecule has 0 radical (unpaired) electrons. The van der Waals surface area contributed by atoms with Gasteiger partial charge < -0.3 is 4.74 Å². The largest absolute Gasteiger partial charge is 0.461 e. The first-order chi connectivity index (χ1) is 12.1. The van der Waals surface area contributed by atoms with Crippen molar-refractivity contribution >= 4 is 0 Å². The summed E-state index contributed by atoms with van der Waals surface area (Å²) in [4.78, 5) is 0. The monoisotopic (exact) mass is 376 g/mol. The molecule has 2 aromatic rings. The zero-order valence-corrected chi connectivity index (χ0v) is 14.2. The van der Waals surface area contributed by atoms with Crippen LogP contribution in [0.5, 0.6) is 5.75 Å². The summed E-state index contributed by atoms with van der Waals surface area (Å²) in [5, 5.41) is 0. The third kappa shape index (κ3) is 5.41. The van der Waals surface area contributed by atoms with E-state index in [4.69, 9.17) is 0 Å². The van der Waals surface area contributed by atoms with Crippen molar-refractivity contribution < 1.29 is 31.1 Å². The lowest BCUT2D eigenvalue weighted by atomic mass is 9.97. The molecule has 0 spiro atoms. The number of rotatable bonds is 7. The van der Waals surface area contributed by atoms with E-state index in [1.54, 1.807) is 6.07 Å². The number of hydrogen-bond acceptors (Lipinski definition) is 1. The average Bonchev–Trinajstić information content (AvgIpc) is 2.49. The number of ether oxygens (including phenoxy) is 1. The Morgan fingerprint density at radius 1 is 0.962 bits per heavy atom. The molecule has 0 aromatic heterocycles. The van der Waals surface area contributed by atoms with Crippen LogP contribution < -0.4 is 4.74 Å². The smallest absolute Gasteiger partial charge is 0.428 e. The Balaban J connectivity index is 2.25. The zero-order valence-electron chi connectivity index (χ0n) is 14.2. The summed E-state index contributed by atoms with van der Waals surface area (Å²) in [7, 11) is 0. The summed E-state index contributed by atoms with van der Waals surface area (Å²) in [5.74, 6) is -1.73. The van der Waals surface area contributed by atoms with Crippen molar-refractivity contribution in [1.82, 2.24) is 0 Å². The van der Waals surface area contributed by atoms with E-state index in [-0.39, 0.29) is 23.7 Å². The molecular formula is C19H18F6O. The number of hydrogen-bond donors (Lipinski definition) is 0. The second-order valence-electron chi connectivity index (χ2n) is 6.46. The Morgan fingerprint density at radius 2 is 1.65 bits per heavy atom. The number of benzene rings is 2. The Labute approximate surface area is 147 Å². The molecule has 142 valence electrons. The van der Waals surface area contributed by atoms with Gasteiger partial charge in [0.15, 0.2) is 0 Å². The van der Waals surface area contributed by atoms with E-state index in [0.717, 1.165) is 12.1 Å². The van der Waals surface area contributed by atoms with Crippen LogP contribution in [0.15, 0.2) is 36.4 Å². The first kappa shape index (κ1) is 20.1. The van der Waals surface area contributed by atoms with Gasteiger partial charge in [-0.05, 0) is 53.6 Å². The van der Waals surface area contributed by atoms with Gasteiger partial charge in [-0.25, -0.2) is 8.78 Å². The van der Waals surface area contributed by atoms with Crippen LogP contribution in [-0.2, 0) is 12.8 Å². The predicted octanol–water partition coefficient (Wildman–Crippen LogP) is 5.99. The molecule has 0 aliphatic heterocycles. The van der Waals surface area contributed by atoms with Gasteiger partial charge in [-0.2, -0.15) is 17.6 Å². The Morgan fingerprint density at radius 3 is 2.27 bits per heavy atom. The highest BCUT2D eigenvalue weighted by molar-refractivity contribution is 5.35. The van der Waals surface area contributed by atoms with Crippen molar-refractivity contribution in [3.05, 3.63) is 64.7 Å². The van der Waals surface area contributed by atoms with E-state index < -0.39 is 24.1 Å². The van der Waals surface area contributed by atoms with Gasteiger partial charge in [0.25, 0.3) is 0 Å². The molecule has 0 saturated carbocycles. The Hall–Kier alpha value is -2.18. The summed E-state index contributed by atoms with van der Waals surface area (Å²) >= 11 is 0. The van der Waals surface area contributed by atoms with Crippen molar-refractivity contribution in [2.24, 2.45) is 5.92 Å². The topological polar surface area (TPSA) is 9.23 Å². The summed E-state index contributed by atoms with van der Waals surface area (Å²) in [6, 6.07) is 7.15. The highest BCUT2D eigenvalue weighted by Gasteiger charge is 2.44. The maximum atomic E-state index is 13.8. The van der Waals surface area contributed by atoms with Crippen LogP contribution >= 0.6 is 0 Å². The number of halogens is 6. The Kier molecular flexibility index (Phi) is 6.21. The molecule has 0 saturated heterocycles. The lowest BCUT2D eigenvalue weighted by Gasteiger charge is -2.17. The van der Waals surface area contributed by atoms with Gasteiger partial charge >= 0.3 is 12.5 Å². The average molecular weight is 376 g/mol. The third-order valence-corrected chi connectivity index (χ3v) is 3.59. The molecular weight excluding hydrogens is 358 g/mol. The van der Waals surface area contributed by atoms with E-state index in [2.05, 4.69) is 4.74 Å². The summed E-state index contributed by atoms with van der Waals surface area (Å²) < 4.78 is 81.9. The van der Waals surface area contributed by atoms with E-state index >= 15 is 0 Å². The maximum Gasteiger partial charge on any atom is 0.461 e. The molecule has 0 aliphatic carbocycles. The van der Waals surface area contributed by atoms with Gasteiger partial charge in [0.2, 0.25) is 0 Å². The molecule has 0 heterocycles. The maximum absolute atomic E-state index is 13.8. The highest BCUT2D eigenvalue weighted by atomic mass is 19.3. The second-order valence-corrected chi connectivity index (χ2v) is 6.46. The van der Waals surface area contributed by atoms with Crippen LogP contribution in [0.25, 0.3) is 0 Å². The molecule has 26 heavy (non-hydrogen) atoms. The van der Waals surface area contributed by atoms with Crippen LogP contribution in [0.4, 0.5) is 26.3 Å². The summed E-state index contributed by atoms with van der Waals surface area (Å²) in [6.45, 7) is 3.87. The minimum Gasteiger partial charge on any atom is -0.428 e.